The predicted molar refractivity (Wildman–Crippen MR) is 133 cm³/mol. The van der Waals surface area contributed by atoms with Crippen molar-refractivity contribution in [1.29, 1.82) is 0 Å². The molecule has 0 saturated carbocycles. The summed E-state index contributed by atoms with van der Waals surface area (Å²) >= 11 is 3.92. The summed E-state index contributed by atoms with van der Waals surface area (Å²) in [7, 11) is 1.27. The maximum atomic E-state index is 12.9. The fourth-order valence-corrected chi connectivity index (χ4v) is 6.57. The molecule has 0 spiro atoms. The van der Waals surface area contributed by atoms with Crippen LogP contribution in [0.2, 0.25) is 0 Å². The van der Waals surface area contributed by atoms with Gasteiger partial charge >= 0.3 is 5.97 Å². The number of halogens is 2. The number of hydrogen-bond acceptors (Lipinski definition) is 10. The number of rotatable bonds is 10. The van der Waals surface area contributed by atoms with Gasteiger partial charge in [0.1, 0.15) is 36.6 Å². The molecule has 0 unspecified atom stereocenters. The van der Waals surface area contributed by atoms with Gasteiger partial charge in [0.15, 0.2) is 29.8 Å². The van der Waals surface area contributed by atoms with Crippen LogP contribution >= 0.6 is 34.9 Å². The lowest BCUT2D eigenvalue weighted by Crippen LogP contribution is -3.00. The molecule has 4 heterocycles. The van der Waals surface area contributed by atoms with Crippen molar-refractivity contribution in [3.05, 3.63) is 46.9 Å². The average Bonchev–Trinajstić information content (AvgIpc) is 3.30. The van der Waals surface area contributed by atoms with E-state index in [0.717, 1.165) is 16.2 Å². The Morgan fingerprint density at radius 2 is 2.16 bits per heavy atom. The SMILES string of the molecule is CO/N=C(\C(=O)N[C@@H]1C(=O)N2C(C(=O)O)=C(CSc3cc[n+](CCF)cc3)CS[C@H]12)c1csc(N)n1.[I-]. The number of carboxylic acid groups (broad SMARTS) is 1. The summed E-state index contributed by atoms with van der Waals surface area (Å²) in [5.41, 5.74) is 6.24. The van der Waals surface area contributed by atoms with Crippen molar-refractivity contribution in [1.82, 2.24) is 15.2 Å². The number of nitrogens with zero attached hydrogens (tertiary/aromatic N) is 4. The van der Waals surface area contributed by atoms with Crippen LogP contribution < -0.4 is 39.6 Å². The minimum Gasteiger partial charge on any atom is -1.00 e. The molecule has 37 heavy (non-hydrogen) atoms. The average molecular weight is 681 g/mol. The van der Waals surface area contributed by atoms with Crippen LogP contribution in [-0.4, -0.2) is 75.2 Å². The smallest absolute Gasteiger partial charge is 0.352 e. The van der Waals surface area contributed by atoms with E-state index in [9.17, 15) is 23.9 Å². The largest absolute Gasteiger partial charge is 1.00 e. The molecule has 1 saturated heterocycles. The molecule has 2 aromatic rings. The summed E-state index contributed by atoms with van der Waals surface area (Å²) in [4.78, 5) is 48.7. The van der Waals surface area contributed by atoms with Crippen LogP contribution in [0.25, 0.3) is 0 Å². The minimum absolute atomic E-state index is 0. The molecule has 0 bridgehead atoms. The van der Waals surface area contributed by atoms with Crippen molar-refractivity contribution in [2.75, 3.05) is 31.0 Å². The van der Waals surface area contributed by atoms with Gasteiger partial charge < -0.3 is 45.0 Å². The molecule has 0 aromatic carbocycles. The number of aromatic nitrogens is 2. The summed E-state index contributed by atoms with van der Waals surface area (Å²) in [6.45, 7) is -0.196. The molecule has 11 nitrogen and oxygen atoms in total. The van der Waals surface area contributed by atoms with Crippen LogP contribution in [0.1, 0.15) is 5.69 Å². The predicted octanol–water partition coefficient (Wildman–Crippen LogP) is -2.13. The van der Waals surface area contributed by atoms with E-state index in [1.807, 2.05) is 12.1 Å². The number of pyridine rings is 1. The van der Waals surface area contributed by atoms with Crippen LogP contribution in [-0.2, 0) is 25.8 Å². The number of β-lactam (4-membered cyclic amide) rings is 1. The number of carboxylic acids is 1. The van der Waals surface area contributed by atoms with Gasteiger partial charge in [-0.3, -0.25) is 14.5 Å². The molecule has 2 aliphatic rings. The number of nitrogens with one attached hydrogen (secondary N) is 1. The third-order valence-corrected chi connectivity index (χ3v) is 8.43. The van der Waals surface area contributed by atoms with Crippen molar-refractivity contribution >= 4 is 63.5 Å². The van der Waals surface area contributed by atoms with Gasteiger partial charge in [-0.25, -0.2) is 18.7 Å². The third kappa shape index (κ3) is 6.35. The number of fused-ring (bicyclic) bond motifs is 1. The van der Waals surface area contributed by atoms with Crippen LogP contribution in [0, 0.1) is 0 Å². The van der Waals surface area contributed by atoms with Crippen LogP contribution in [0.3, 0.4) is 0 Å². The first-order valence-corrected chi connectivity index (χ1v) is 13.5. The maximum Gasteiger partial charge on any atom is 0.352 e. The molecule has 0 radical (unpaired) electrons. The summed E-state index contributed by atoms with van der Waals surface area (Å²) < 4.78 is 14.2. The maximum absolute atomic E-state index is 12.9. The van der Waals surface area contributed by atoms with Crippen molar-refractivity contribution in [3.8, 4) is 0 Å². The minimum atomic E-state index is -1.21. The van der Waals surface area contributed by atoms with E-state index in [1.54, 1.807) is 22.3 Å². The number of nitrogens with two attached hydrogens (primary N) is 1. The number of oxime groups is 1. The monoisotopic (exact) mass is 680 g/mol. The molecule has 0 aliphatic carbocycles. The quantitative estimate of drug-likeness (QED) is 0.0639. The fraction of sp³-hybridized carbons (Fsp3) is 0.333. The number of hydrogen-bond donors (Lipinski definition) is 3. The van der Waals surface area contributed by atoms with E-state index in [0.29, 0.717) is 17.1 Å². The van der Waals surface area contributed by atoms with Gasteiger partial charge in [0.25, 0.3) is 11.8 Å². The van der Waals surface area contributed by atoms with Gasteiger partial charge in [0.05, 0.1) is 0 Å². The number of nitrogen functional groups attached to an aromatic ring is 1. The Labute approximate surface area is 240 Å². The van der Waals surface area contributed by atoms with E-state index in [-0.39, 0.29) is 52.8 Å². The number of carbonyl (C=O) groups excluding carboxylic acids is 2. The number of amides is 2. The Bertz CT molecular complexity index is 1240. The second-order valence-electron chi connectivity index (χ2n) is 7.56. The summed E-state index contributed by atoms with van der Waals surface area (Å²) in [5.74, 6) is -1.67. The first-order chi connectivity index (χ1) is 17.3. The van der Waals surface area contributed by atoms with Crippen molar-refractivity contribution in [3.63, 3.8) is 0 Å². The summed E-state index contributed by atoms with van der Waals surface area (Å²) in [6.07, 6.45) is 3.51. The first-order valence-electron chi connectivity index (χ1n) is 10.5. The Kier molecular flexibility index (Phi) is 10.1. The number of carbonyl (C=O) groups is 3. The molecular weight excluding hydrogens is 658 g/mol. The first kappa shape index (κ1) is 29.1. The van der Waals surface area contributed by atoms with Crippen LogP contribution in [0.15, 0.2) is 51.2 Å². The highest BCUT2D eigenvalue weighted by Gasteiger charge is 2.54. The standard InChI is InChI=1S/C21H21FN6O5S3.HI/c1-33-26-14(13-10-36-21(23)24-13)17(29)25-15-18(30)28-16(20(31)32)11(9-35-19(15)28)8-34-12-2-5-27(6-3-12)7-4-22;/h2-3,5-6,10,15,19H,4,7-9H2,1H3,(H3-,23,24,25,29,31,32);1H/b26-14-;/t15-,19-;/m1./s1. The second kappa shape index (κ2) is 12.9. The van der Waals surface area contributed by atoms with E-state index in [1.165, 1.54) is 35.5 Å². The molecular formula is C21H22FIN6O5S3. The number of aryl methyl sites for hydroxylation is 1. The molecule has 16 heteroatoms. The van der Waals surface area contributed by atoms with Crippen molar-refractivity contribution in [2.24, 2.45) is 5.16 Å². The Morgan fingerprint density at radius 1 is 1.43 bits per heavy atom. The molecule has 4 N–H and O–H groups in total. The van der Waals surface area contributed by atoms with E-state index in [4.69, 9.17) is 10.6 Å². The van der Waals surface area contributed by atoms with Gasteiger partial charge in [-0.1, -0.05) is 5.16 Å². The molecule has 4 rings (SSSR count). The van der Waals surface area contributed by atoms with E-state index < -0.39 is 35.9 Å². The normalized spacial score (nSPS) is 19.0. The lowest BCUT2D eigenvalue weighted by molar-refractivity contribution is -0.697. The number of thiazole rings is 1. The Balaban J connectivity index is 0.00000380. The zero-order chi connectivity index (χ0) is 25.8. The topological polar surface area (TPSA) is 151 Å². The zero-order valence-corrected chi connectivity index (χ0v) is 23.9. The lowest BCUT2D eigenvalue weighted by Gasteiger charge is -2.49. The van der Waals surface area contributed by atoms with E-state index >= 15 is 0 Å². The molecule has 1 fully saturated rings. The second-order valence-corrected chi connectivity index (χ2v) is 10.6. The molecule has 2 atom stereocenters. The van der Waals surface area contributed by atoms with Gasteiger partial charge in [-0.2, -0.15) is 0 Å². The van der Waals surface area contributed by atoms with Gasteiger partial charge in [0.2, 0.25) is 0 Å². The number of anilines is 1. The number of thioether (sulfide) groups is 2. The third-order valence-electron chi connectivity index (χ3n) is 5.31. The fourth-order valence-electron chi connectivity index (χ4n) is 3.65. The summed E-state index contributed by atoms with van der Waals surface area (Å²) in [6, 6.07) is 2.73. The lowest BCUT2D eigenvalue weighted by atomic mass is 10.0. The highest BCUT2D eigenvalue weighted by molar-refractivity contribution is 8.01. The van der Waals surface area contributed by atoms with Gasteiger partial charge in [0, 0.05) is 33.9 Å². The number of aliphatic carboxylic acids is 1. The zero-order valence-electron chi connectivity index (χ0n) is 19.3. The van der Waals surface area contributed by atoms with Crippen molar-refractivity contribution < 1.29 is 57.3 Å². The molecule has 2 aromatic heterocycles. The molecule has 2 aliphatic heterocycles. The van der Waals surface area contributed by atoms with Gasteiger partial charge in [-0.15, -0.1) is 34.9 Å². The summed E-state index contributed by atoms with van der Waals surface area (Å²) in [5, 5.41) is 17.4. The van der Waals surface area contributed by atoms with E-state index in [2.05, 4.69) is 15.5 Å². The Hall–Kier alpha value is -2.44. The number of alkyl halides is 1. The van der Waals surface area contributed by atoms with Crippen LogP contribution in [0.4, 0.5) is 9.52 Å². The molecule has 198 valence electrons. The van der Waals surface area contributed by atoms with Crippen molar-refractivity contribution in [2.45, 2.75) is 22.9 Å². The van der Waals surface area contributed by atoms with Crippen LogP contribution in [0.5, 0.6) is 0 Å². The highest BCUT2D eigenvalue weighted by atomic mass is 127. The van der Waals surface area contributed by atoms with Gasteiger partial charge in [-0.05, 0) is 5.57 Å². The Morgan fingerprint density at radius 3 is 2.76 bits per heavy atom. The highest BCUT2D eigenvalue weighted by Crippen LogP contribution is 2.41. The molecule has 2 amide bonds.